The lowest BCUT2D eigenvalue weighted by Crippen LogP contribution is -2.36. The van der Waals surface area contributed by atoms with Crippen molar-refractivity contribution in [2.45, 2.75) is 65.3 Å². The molecule has 30 heavy (non-hydrogen) atoms. The van der Waals surface area contributed by atoms with Gasteiger partial charge in [-0.2, -0.15) is 0 Å². The molecule has 1 fully saturated rings. The highest BCUT2D eigenvalue weighted by atomic mass is 16.5. The van der Waals surface area contributed by atoms with Gasteiger partial charge in [-0.15, -0.1) is 0 Å². The molecule has 2 aromatic rings. The smallest absolute Gasteiger partial charge is 0.191 e. The second kappa shape index (κ2) is 11.7. The number of rotatable bonds is 9. The van der Waals surface area contributed by atoms with Crippen LogP contribution in [0.25, 0.3) is 0 Å². The highest BCUT2D eigenvalue weighted by Crippen LogP contribution is 2.15. The van der Waals surface area contributed by atoms with E-state index in [9.17, 15) is 0 Å². The molecule has 1 aromatic carbocycles. The number of ether oxygens (including phenoxy) is 2. The van der Waals surface area contributed by atoms with Crippen LogP contribution in [-0.4, -0.2) is 37.0 Å². The van der Waals surface area contributed by atoms with Crippen LogP contribution in [-0.2, 0) is 29.2 Å². The molecule has 7 heteroatoms. The first-order chi connectivity index (χ1) is 14.6. The fraction of sp³-hybridized carbons (Fsp3) is 0.565. The van der Waals surface area contributed by atoms with Crippen molar-refractivity contribution in [3.05, 3.63) is 52.9 Å². The molecule has 0 aliphatic carbocycles. The van der Waals surface area contributed by atoms with E-state index < -0.39 is 0 Å². The van der Waals surface area contributed by atoms with Crippen LogP contribution in [0.4, 0.5) is 0 Å². The van der Waals surface area contributed by atoms with Gasteiger partial charge in [-0.05, 0) is 36.8 Å². The van der Waals surface area contributed by atoms with Gasteiger partial charge in [0, 0.05) is 25.8 Å². The SMILES string of the molecule is CCNC(=NCc1cccc(COC2CCOCC2)c1)NCc1cc(C(C)C)no1. The largest absolute Gasteiger partial charge is 0.381 e. The molecule has 0 radical (unpaired) electrons. The third kappa shape index (κ3) is 7.15. The molecule has 0 spiro atoms. The Morgan fingerprint density at radius 2 is 2.00 bits per heavy atom. The zero-order valence-corrected chi connectivity index (χ0v) is 18.3. The minimum atomic E-state index is 0.303. The van der Waals surface area contributed by atoms with E-state index in [2.05, 4.69) is 60.8 Å². The molecular weight excluding hydrogens is 380 g/mol. The minimum absolute atomic E-state index is 0.303. The number of hydrogen-bond donors (Lipinski definition) is 2. The summed E-state index contributed by atoms with van der Waals surface area (Å²) in [6.45, 7) is 10.4. The van der Waals surface area contributed by atoms with Crippen LogP contribution >= 0.6 is 0 Å². The second-order valence-corrected chi connectivity index (χ2v) is 7.86. The van der Waals surface area contributed by atoms with Gasteiger partial charge >= 0.3 is 0 Å². The fourth-order valence-corrected chi connectivity index (χ4v) is 3.24. The molecular formula is C23H34N4O3. The molecule has 1 aromatic heterocycles. The lowest BCUT2D eigenvalue weighted by Gasteiger charge is -2.22. The first-order valence-electron chi connectivity index (χ1n) is 10.9. The molecule has 1 aliphatic rings. The Hall–Kier alpha value is -2.38. The molecule has 164 valence electrons. The lowest BCUT2D eigenvalue weighted by molar-refractivity contribution is -0.0390. The summed E-state index contributed by atoms with van der Waals surface area (Å²) in [6, 6.07) is 10.4. The third-order valence-electron chi connectivity index (χ3n) is 5.01. The summed E-state index contributed by atoms with van der Waals surface area (Å²) >= 11 is 0. The summed E-state index contributed by atoms with van der Waals surface area (Å²) < 4.78 is 16.8. The summed E-state index contributed by atoms with van der Waals surface area (Å²) in [5, 5.41) is 10.7. The van der Waals surface area contributed by atoms with Gasteiger partial charge in [0.1, 0.15) is 0 Å². The summed E-state index contributed by atoms with van der Waals surface area (Å²) in [5.74, 6) is 1.91. The van der Waals surface area contributed by atoms with E-state index in [0.29, 0.717) is 31.7 Å². The monoisotopic (exact) mass is 414 g/mol. The molecule has 2 heterocycles. The van der Waals surface area contributed by atoms with Gasteiger partial charge < -0.3 is 24.6 Å². The Morgan fingerprint density at radius 3 is 2.73 bits per heavy atom. The second-order valence-electron chi connectivity index (χ2n) is 7.86. The maximum absolute atomic E-state index is 6.04. The van der Waals surface area contributed by atoms with Gasteiger partial charge in [0.25, 0.3) is 0 Å². The van der Waals surface area contributed by atoms with Crippen molar-refractivity contribution < 1.29 is 14.0 Å². The van der Waals surface area contributed by atoms with Crippen molar-refractivity contribution in [2.75, 3.05) is 19.8 Å². The van der Waals surface area contributed by atoms with Crippen LogP contribution in [0.3, 0.4) is 0 Å². The van der Waals surface area contributed by atoms with Crippen LogP contribution in [0, 0.1) is 0 Å². The first-order valence-corrected chi connectivity index (χ1v) is 10.9. The van der Waals surface area contributed by atoms with Gasteiger partial charge in [0.05, 0.1) is 31.5 Å². The number of aromatic nitrogens is 1. The van der Waals surface area contributed by atoms with E-state index in [0.717, 1.165) is 55.6 Å². The average molecular weight is 415 g/mol. The van der Waals surface area contributed by atoms with Gasteiger partial charge in [-0.1, -0.05) is 43.3 Å². The summed E-state index contributed by atoms with van der Waals surface area (Å²) in [5.41, 5.74) is 3.30. The highest BCUT2D eigenvalue weighted by Gasteiger charge is 2.14. The Kier molecular flexibility index (Phi) is 8.71. The molecule has 1 aliphatic heterocycles. The number of nitrogens with one attached hydrogen (secondary N) is 2. The van der Waals surface area contributed by atoms with E-state index in [4.69, 9.17) is 19.0 Å². The zero-order chi connectivity index (χ0) is 21.2. The standard InChI is InChI=1S/C23H34N4O3/c1-4-24-23(26-15-21-13-22(17(2)3)27-30-21)25-14-18-6-5-7-19(12-18)16-29-20-8-10-28-11-9-20/h5-7,12-13,17,20H,4,8-11,14-16H2,1-3H3,(H2,24,25,26). The predicted octanol–water partition coefficient (Wildman–Crippen LogP) is 3.75. The van der Waals surface area contributed by atoms with Gasteiger partial charge in [-0.25, -0.2) is 4.99 Å². The van der Waals surface area contributed by atoms with Crippen LogP contribution in [0.15, 0.2) is 39.8 Å². The van der Waals surface area contributed by atoms with E-state index in [-0.39, 0.29) is 0 Å². The summed E-state index contributed by atoms with van der Waals surface area (Å²) in [4.78, 5) is 4.71. The fourth-order valence-electron chi connectivity index (χ4n) is 3.24. The minimum Gasteiger partial charge on any atom is -0.381 e. The topological polar surface area (TPSA) is 80.9 Å². The Labute approximate surface area is 179 Å². The van der Waals surface area contributed by atoms with Crippen molar-refractivity contribution in [3.8, 4) is 0 Å². The van der Waals surface area contributed by atoms with Crippen LogP contribution in [0.2, 0.25) is 0 Å². The highest BCUT2D eigenvalue weighted by molar-refractivity contribution is 5.79. The van der Waals surface area contributed by atoms with E-state index in [1.165, 1.54) is 5.56 Å². The quantitative estimate of drug-likeness (QED) is 0.480. The van der Waals surface area contributed by atoms with Crippen molar-refractivity contribution in [3.63, 3.8) is 0 Å². The number of hydrogen-bond acceptors (Lipinski definition) is 5. The maximum Gasteiger partial charge on any atom is 0.191 e. The third-order valence-corrected chi connectivity index (χ3v) is 5.01. The maximum atomic E-state index is 6.04. The molecule has 1 saturated heterocycles. The van der Waals surface area contributed by atoms with Crippen LogP contribution < -0.4 is 10.6 Å². The van der Waals surface area contributed by atoms with Gasteiger partial charge in [0.15, 0.2) is 11.7 Å². The van der Waals surface area contributed by atoms with Crippen molar-refractivity contribution in [1.29, 1.82) is 0 Å². The molecule has 0 saturated carbocycles. The first kappa shape index (κ1) is 22.3. The number of benzene rings is 1. The molecule has 0 bridgehead atoms. The molecule has 0 unspecified atom stereocenters. The van der Waals surface area contributed by atoms with Crippen LogP contribution in [0.5, 0.6) is 0 Å². The van der Waals surface area contributed by atoms with E-state index in [1.807, 2.05) is 6.07 Å². The van der Waals surface area contributed by atoms with Gasteiger partial charge in [-0.3, -0.25) is 0 Å². The predicted molar refractivity (Wildman–Crippen MR) is 117 cm³/mol. The zero-order valence-electron chi connectivity index (χ0n) is 18.3. The van der Waals surface area contributed by atoms with Crippen molar-refractivity contribution >= 4 is 5.96 Å². The summed E-state index contributed by atoms with van der Waals surface area (Å²) in [7, 11) is 0. The number of guanidine groups is 1. The Bertz CT molecular complexity index is 797. The van der Waals surface area contributed by atoms with Crippen LogP contribution in [0.1, 0.15) is 62.1 Å². The van der Waals surface area contributed by atoms with E-state index >= 15 is 0 Å². The molecule has 2 N–H and O–H groups in total. The van der Waals surface area contributed by atoms with Gasteiger partial charge in [0.2, 0.25) is 0 Å². The summed E-state index contributed by atoms with van der Waals surface area (Å²) in [6.07, 6.45) is 2.26. The number of nitrogens with zero attached hydrogens (tertiary/aromatic N) is 2. The number of aliphatic imine (C=N–C) groups is 1. The normalized spacial score (nSPS) is 15.5. The molecule has 0 amide bonds. The van der Waals surface area contributed by atoms with E-state index in [1.54, 1.807) is 0 Å². The molecule has 0 atom stereocenters. The van der Waals surface area contributed by atoms with Crippen molar-refractivity contribution in [1.82, 2.24) is 15.8 Å². The molecule has 3 rings (SSSR count). The molecule has 7 nitrogen and oxygen atoms in total. The Balaban J connectivity index is 1.52. The lowest BCUT2D eigenvalue weighted by atomic mass is 10.1. The van der Waals surface area contributed by atoms with Crippen molar-refractivity contribution in [2.24, 2.45) is 4.99 Å². The average Bonchev–Trinajstić information content (AvgIpc) is 3.25. The Morgan fingerprint density at radius 1 is 1.20 bits per heavy atom.